The minimum absolute atomic E-state index is 0.847. The Morgan fingerprint density at radius 2 is 2.07 bits per heavy atom. The van der Waals surface area contributed by atoms with Crippen LogP contribution in [0.1, 0.15) is 5.56 Å². The average Bonchev–Trinajstić information content (AvgIpc) is 2.29. The van der Waals surface area contributed by atoms with Crippen molar-refractivity contribution in [2.24, 2.45) is 0 Å². The summed E-state index contributed by atoms with van der Waals surface area (Å²) in [5, 5.41) is 6.31. The second-order valence-corrected chi connectivity index (χ2v) is 3.21. The molecule has 1 aromatic rings. The molecule has 0 unspecified atom stereocenters. The SMILES string of the molecule is C=C(NCCNC)c1ccccc1OC. The molecule has 0 radical (unpaired) electrons. The molecule has 0 bridgehead atoms. The maximum atomic E-state index is 5.26. The van der Waals surface area contributed by atoms with Gasteiger partial charge in [0.15, 0.2) is 0 Å². The van der Waals surface area contributed by atoms with E-state index in [2.05, 4.69) is 17.2 Å². The number of nitrogens with one attached hydrogen (secondary N) is 2. The Kier molecular flexibility index (Phi) is 4.71. The van der Waals surface area contributed by atoms with Crippen molar-refractivity contribution in [2.75, 3.05) is 27.2 Å². The van der Waals surface area contributed by atoms with Gasteiger partial charge in [-0.05, 0) is 19.2 Å². The lowest BCUT2D eigenvalue weighted by Crippen LogP contribution is -2.23. The number of ether oxygens (including phenoxy) is 1. The highest BCUT2D eigenvalue weighted by Crippen LogP contribution is 2.22. The van der Waals surface area contributed by atoms with Gasteiger partial charge in [0.25, 0.3) is 0 Å². The molecule has 2 N–H and O–H groups in total. The van der Waals surface area contributed by atoms with Crippen LogP contribution >= 0.6 is 0 Å². The first-order valence-electron chi connectivity index (χ1n) is 5.00. The van der Waals surface area contributed by atoms with Crippen LogP contribution in [0.15, 0.2) is 30.8 Å². The van der Waals surface area contributed by atoms with Crippen LogP contribution in [0.2, 0.25) is 0 Å². The van der Waals surface area contributed by atoms with Crippen LogP contribution in [0.5, 0.6) is 5.75 Å². The van der Waals surface area contributed by atoms with E-state index in [0.29, 0.717) is 0 Å². The number of rotatable bonds is 6. The molecule has 82 valence electrons. The van der Waals surface area contributed by atoms with Gasteiger partial charge in [-0.3, -0.25) is 0 Å². The Morgan fingerprint density at radius 3 is 2.73 bits per heavy atom. The van der Waals surface area contributed by atoms with Gasteiger partial charge in [-0.25, -0.2) is 0 Å². The fourth-order valence-corrected chi connectivity index (χ4v) is 1.33. The summed E-state index contributed by atoms with van der Waals surface area (Å²) in [7, 11) is 3.59. The molecule has 0 aromatic heterocycles. The summed E-state index contributed by atoms with van der Waals surface area (Å²) in [5.41, 5.74) is 1.90. The van der Waals surface area contributed by atoms with Gasteiger partial charge in [-0.2, -0.15) is 0 Å². The van der Waals surface area contributed by atoms with Crippen molar-refractivity contribution in [3.8, 4) is 5.75 Å². The first kappa shape index (κ1) is 11.6. The molecule has 0 aliphatic rings. The van der Waals surface area contributed by atoms with Gasteiger partial charge in [-0.1, -0.05) is 18.7 Å². The first-order valence-corrected chi connectivity index (χ1v) is 5.00. The van der Waals surface area contributed by atoms with Crippen LogP contribution < -0.4 is 15.4 Å². The normalized spacial score (nSPS) is 9.73. The smallest absolute Gasteiger partial charge is 0.128 e. The van der Waals surface area contributed by atoms with Crippen LogP contribution in [0, 0.1) is 0 Å². The molecule has 0 spiro atoms. The van der Waals surface area contributed by atoms with Gasteiger partial charge in [-0.15, -0.1) is 0 Å². The highest BCUT2D eigenvalue weighted by molar-refractivity contribution is 5.67. The highest BCUT2D eigenvalue weighted by Gasteiger charge is 2.04. The Morgan fingerprint density at radius 1 is 1.33 bits per heavy atom. The average molecular weight is 206 g/mol. The Labute approximate surface area is 91.1 Å². The van der Waals surface area contributed by atoms with E-state index in [0.717, 1.165) is 30.1 Å². The zero-order valence-electron chi connectivity index (χ0n) is 9.34. The number of likely N-dealkylation sites (N-methyl/N-ethyl adjacent to an activating group) is 1. The van der Waals surface area contributed by atoms with E-state index in [4.69, 9.17) is 4.74 Å². The molecule has 0 fully saturated rings. The van der Waals surface area contributed by atoms with Crippen molar-refractivity contribution in [3.05, 3.63) is 36.4 Å². The lowest BCUT2D eigenvalue weighted by atomic mass is 10.1. The van der Waals surface area contributed by atoms with Crippen LogP contribution in [0.4, 0.5) is 0 Å². The molecule has 3 nitrogen and oxygen atoms in total. The maximum absolute atomic E-state index is 5.26. The Bertz CT molecular complexity index is 323. The van der Waals surface area contributed by atoms with Crippen LogP contribution in [-0.4, -0.2) is 27.2 Å². The fourth-order valence-electron chi connectivity index (χ4n) is 1.33. The third-order valence-electron chi connectivity index (χ3n) is 2.15. The number of methoxy groups -OCH3 is 1. The van der Waals surface area contributed by atoms with Crippen molar-refractivity contribution >= 4 is 5.70 Å². The van der Waals surface area contributed by atoms with Gasteiger partial charge < -0.3 is 15.4 Å². The summed E-state index contributed by atoms with van der Waals surface area (Å²) in [6.45, 7) is 5.75. The van der Waals surface area contributed by atoms with Crippen LogP contribution in [-0.2, 0) is 0 Å². The number of hydrogen-bond donors (Lipinski definition) is 2. The van der Waals surface area contributed by atoms with Crippen molar-refractivity contribution < 1.29 is 4.74 Å². The Balaban J connectivity index is 2.64. The van der Waals surface area contributed by atoms with Crippen molar-refractivity contribution in [2.45, 2.75) is 0 Å². The standard InChI is InChI=1S/C12H18N2O/c1-10(14-9-8-13-2)11-6-4-5-7-12(11)15-3/h4-7,13-14H,1,8-9H2,2-3H3. The van der Waals surface area contributed by atoms with Crippen LogP contribution in [0.3, 0.4) is 0 Å². The van der Waals surface area contributed by atoms with E-state index in [-0.39, 0.29) is 0 Å². The molecule has 0 amide bonds. The summed E-state index contributed by atoms with van der Waals surface area (Å²) in [5.74, 6) is 0.847. The summed E-state index contributed by atoms with van der Waals surface area (Å²) in [6, 6.07) is 7.85. The maximum Gasteiger partial charge on any atom is 0.128 e. The summed E-state index contributed by atoms with van der Waals surface area (Å²) >= 11 is 0. The predicted octanol–water partition coefficient (Wildman–Crippen LogP) is 1.47. The third-order valence-corrected chi connectivity index (χ3v) is 2.15. The topological polar surface area (TPSA) is 33.3 Å². The molecular formula is C12H18N2O. The molecule has 0 heterocycles. The zero-order valence-corrected chi connectivity index (χ0v) is 9.34. The second-order valence-electron chi connectivity index (χ2n) is 3.21. The fraction of sp³-hybridized carbons (Fsp3) is 0.333. The minimum Gasteiger partial charge on any atom is -0.496 e. The largest absolute Gasteiger partial charge is 0.496 e. The van der Waals surface area contributed by atoms with E-state index < -0.39 is 0 Å². The van der Waals surface area contributed by atoms with Gasteiger partial charge >= 0.3 is 0 Å². The summed E-state index contributed by atoms with van der Waals surface area (Å²) in [6.07, 6.45) is 0. The molecule has 15 heavy (non-hydrogen) atoms. The molecular weight excluding hydrogens is 188 g/mol. The van der Waals surface area contributed by atoms with Gasteiger partial charge in [0.05, 0.1) is 7.11 Å². The molecule has 0 saturated heterocycles. The minimum atomic E-state index is 0.847. The zero-order chi connectivity index (χ0) is 11.1. The summed E-state index contributed by atoms with van der Waals surface area (Å²) < 4.78 is 5.26. The monoisotopic (exact) mass is 206 g/mol. The van der Waals surface area contributed by atoms with E-state index in [1.807, 2.05) is 31.3 Å². The van der Waals surface area contributed by atoms with Gasteiger partial charge in [0.1, 0.15) is 5.75 Å². The lowest BCUT2D eigenvalue weighted by molar-refractivity contribution is 0.413. The van der Waals surface area contributed by atoms with E-state index in [9.17, 15) is 0 Å². The first-order chi connectivity index (χ1) is 7.29. The predicted molar refractivity (Wildman–Crippen MR) is 64.0 cm³/mol. The van der Waals surface area contributed by atoms with E-state index in [1.54, 1.807) is 7.11 Å². The van der Waals surface area contributed by atoms with Gasteiger partial charge in [0, 0.05) is 24.4 Å². The molecule has 0 aliphatic heterocycles. The second kappa shape index (κ2) is 6.09. The molecule has 1 rings (SSSR count). The molecule has 1 aromatic carbocycles. The molecule has 0 atom stereocenters. The number of hydrogen-bond acceptors (Lipinski definition) is 3. The number of para-hydroxylation sites is 1. The van der Waals surface area contributed by atoms with Crippen molar-refractivity contribution in [1.29, 1.82) is 0 Å². The highest BCUT2D eigenvalue weighted by atomic mass is 16.5. The molecule has 3 heteroatoms. The van der Waals surface area contributed by atoms with Crippen molar-refractivity contribution in [3.63, 3.8) is 0 Å². The third kappa shape index (κ3) is 3.29. The van der Waals surface area contributed by atoms with Crippen molar-refractivity contribution in [1.82, 2.24) is 10.6 Å². The molecule has 0 aliphatic carbocycles. The Hall–Kier alpha value is -1.48. The van der Waals surface area contributed by atoms with E-state index >= 15 is 0 Å². The van der Waals surface area contributed by atoms with E-state index in [1.165, 1.54) is 0 Å². The van der Waals surface area contributed by atoms with Crippen LogP contribution in [0.25, 0.3) is 5.70 Å². The quantitative estimate of drug-likeness (QED) is 0.692. The lowest BCUT2D eigenvalue weighted by Gasteiger charge is -2.12. The van der Waals surface area contributed by atoms with Gasteiger partial charge in [0.2, 0.25) is 0 Å². The summed E-state index contributed by atoms with van der Waals surface area (Å²) in [4.78, 5) is 0. The molecule has 0 saturated carbocycles. The number of benzene rings is 1.